The largest absolute Gasteiger partial charge is 0.508 e. The van der Waals surface area contributed by atoms with Crippen LogP contribution in [-0.2, 0) is 22.2 Å². The lowest BCUT2D eigenvalue weighted by atomic mass is 9.60. The van der Waals surface area contributed by atoms with Gasteiger partial charge in [0.1, 0.15) is 23.4 Å². The smallest absolute Gasteiger partial charge is 0.316 e. The van der Waals surface area contributed by atoms with Crippen molar-refractivity contribution in [1.82, 2.24) is 30.1 Å². The van der Waals surface area contributed by atoms with E-state index in [1.54, 1.807) is 44.6 Å². The fourth-order valence-electron chi connectivity index (χ4n) is 10.2. The minimum absolute atomic E-state index is 0.0209. The van der Waals surface area contributed by atoms with Crippen molar-refractivity contribution in [2.24, 2.45) is 5.92 Å². The molecule has 4 unspecified atom stereocenters. The van der Waals surface area contributed by atoms with E-state index in [4.69, 9.17) is 19.7 Å². The van der Waals surface area contributed by atoms with E-state index in [-0.39, 0.29) is 43.0 Å². The zero-order chi connectivity index (χ0) is 35.2. The van der Waals surface area contributed by atoms with Crippen molar-refractivity contribution >= 4 is 27.6 Å². The lowest BCUT2D eigenvalue weighted by Crippen LogP contribution is -2.62. The Morgan fingerprint density at radius 3 is 2.76 bits per heavy atom. The van der Waals surface area contributed by atoms with Crippen LogP contribution in [-0.4, -0.2) is 95.0 Å². The van der Waals surface area contributed by atoms with Crippen LogP contribution in [0.1, 0.15) is 67.5 Å². The Morgan fingerprint density at radius 2 is 2.00 bits per heavy atom. The van der Waals surface area contributed by atoms with Crippen LogP contribution in [0.25, 0.3) is 21.7 Å². The lowest BCUT2D eigenvalue weighted by Gasteiger charge is -2.49. The highest BCUT2D eigenvalue weighted by Crippen LogP contribution is 2.66. The van der Waals surface area contributed by atoms with Crippen LogP contribution in [0.15, 0.2) is 36.5 Å². The summed E-state index contributed by atoms with van der Waals surface area (Å²) in [6.45, 7) is 3.28. The van der Waals surface area contributed by atoms with Crippen molar-refractivity contribution in [3.8, 4) is 11.8 Å². The molecule has 4 fully saturated rings. The van der Waals surface area contributed by atoms with E-state index in [2.05, 4.69) is 10.2 Å². The Balaban J connectivity index is 1.50. The molecule has 264 valence electrons. The summed E-state index contributed by atoms with van der Waals surface area (Å²) in [4.78, 5) is 31.9. The molecular formula is C38H43F3N6O3. The number of phenolic OH excluding ortho intramolecular Hbond substituents is 1. The number of alkyl halides is 2. The molecule has 4 aliphatic rings. The maximum absolute atomic E-state index is 19.1. The van der Waals surface area contributed by atoms with E-state index < -0.39 is 41.1 Å². The van der Waals surface area contributed by atoms with Crippen LogP contribution in [0.5, 0.6) is 11.8 Å². The normalized spacial score (nSPS) is 30.7. The average molecular weight is 689 g/mol. The number of rotatable bonds is 7. The molecular weight excluding hydrogens is 645 g/mol. The number of amides is 1. The van der Waals surface area contributed by atoms with Gasteiger partial charge >= 0.3 is 6.01 Å². The Hall–Kier alpha value is -4.03. The van der Waals surface area contributed by atoms with Crippen LogP contribution in [0, 0.1) is 11.7 Å². The van der Waals surface area contributed by atoms with Gasteiger partial charge in [0.15, 0.2) is 0 Å². The van der Waals surface area contributed by atoms with Crippen LogP contribution in [0.2, 0.25) is 0 Å². The predicted molar refractivity (Wildman–Crippen MR) is 183 cm³/mol. The third-order valence-corrected chi connectivity index (χ3v) is 12.4. The number of ether oxygens (including phenoxy) is 1. The Labute approximate surface area is 289 Å². The number of benzene rings is 2. The molecule has 4 aromatic rings. The zero-order valence-corrected chi connectivity index (χ0v) is 28.9. The summed E-state index contributed by atoms with van der Waals surface area (Å²) in [5.74, 6) is -2.08. The number of carbonyl (C=O) groups excluding carboxylic acids is 1. The van der Waals surface area contributed by atoms with Crippen LogP contribution < -0.4 is 10.1 Å². The molecule has 2 aromatic heterocycles. The number of aryl methyl sites for hydroxylation is 1. The standard InChI is InChI=1S/C38H43F3N6O3/c1-5-25-28(40)8-7-21-13-24(48)15-26(31(21)25)27-14-22-18-42-20-37(27,38(22,41)17-30(49)46(2)3)34-32-29(44-35(45-34)50-4)9-11-43-33(32)36-10-6-12-47(36)19-23(39)16-36/h7-9,11,13,15,22-23,27,42,48H,5-6,10,12,14,16-20H2,1-4H3/t22?,23-,27?,36+,37?,38?/m1/s1. The Bertz CT molecular complexity index is 2030. The van der Waals surface area contributed by atoms with Crippen molar-refractivity contribution in [2.45, 2.75) is 74.2 Å². The number of pyridine rings is 1. The molecule has 1 amide bonds. The second-order valence-electron chi connectivity index (χ2n) is 14.9. The highest BCUT2D eigenvalue weighted by molar-refractivity contribution is 5.92. The first-order valence-corrected chi connectivity index (χ1v) is 17.6. The van der Waals surface area contributed by atoms with Crippen molar-refractivity contribution in [3.05, 3.63) is 64.9 Å². The first kappa shape index (κ1) is 33.1. The predicted octanol–water partition coefficient (Wildman–Crippen LogP) is 5.46. The van der Waals surface area contributed by atoms with Crippen molar-refractivity contribution in [3.63, 3.8) is 0 Å². The summed E-state index contributed by atoms with van der Waals surface area (Å²) in [6.07, 6.45) is 2.66. The third-order valence-electron chi connectivity index (χ3n) is 12.4. The number of hydrogen-bond acceptors (Lipinski definition) is 8. The molecule has 2 N–H and O–H groups in total. The highest BCUT2D eigenvalue weighted by atomic mass is 19.1. The van der Waals surface area contributed by atoms with Gasteiger partial charge in [0.2, 0.25) is 5.91 Å². The number of aromatic nitrogens is 3. The van der Waals surface area contributed by atoms with Gasteiger partial charge in [0.05, 0.1) is 41.4 Å². The number of nitrogens with zero attached hydrogens (tertiary/aromatic N) is 5. The molecule has 0 spiro atoms. The molecule has 3 saturated heterocycles. The Morgan fingerprint density at radius 1 is 1.18 bits per heavy atom. The summed E-state index contributed by atoms with van der Waals surface area (Å²) >= 11 is 0. The topological polar surface area (TPSA) is 104 Å². The van der Waals surface area contributed by atoms with E-state index >= 15 is 13.2 Å². The fraction of sp³-hybridized carbons (Fsp3) is 0.526. The molecule has 8 rings (SSSR count). The van der Waals surface area contributed by atoms with Gasteiger partial charge in [-0.3, -0.25) is 14.7 Å². The summed E-state index contributed by atoms with van der Waals surface area (Å²) in [5.41, 5.74) is -1.91. The van der Waals surface area contributed by atoms with Gasteiger partial charge in [-0.15, -0.1) is 0 Å². The lowest BCUT2D eigenvalue weighted by molar-refractivity contribution is -0.135. The van der Waals surface area contributed by atoms with E-state index in [0.29, 0.717) is 76.5 Å². The van der Waals surface area contributed by atoms with Crippen LogP contribution in [0.4, 0.5) is 13.2 Å². The fourth-order valence-corrected chi connectivity index (χ4v) is 10.2. The molecule has 1 aliphatic carbocycles. The zero-order valence-electron chi connectivity index (χ0n) is 28.9. The molecule has 2 bridgehead atoms. The van der Waals surface area contributed by atoms with Gasteiger partial charge in [-0.05, 0) is 78.4 Å². The summed E-state index contributed by atoms with van der Waals surface area (Å²) in [7, 11) is 4.69. The van der Waals surface area contributed by atoms with E-state index in [9.17, 15) is 9.90 Å². The van der Waals surface area contributed by atoms with Crippen molar-refractivity contribution < 1.29 is 27.8 Å². The summed E-state index contributed by atoms with van der Waals surface area (Å²) in [5, 5.41) is 16.5. The molecule has 1 saturated carbocycles. The van der Waals surface area contributed by atoms with Gasteiger partial charge in [0, 0.05) is 63.6 Å². The number of carbonyl (C=O) groups is 1. The number of fused-ring (bicyclic) bond motifs is 5. The molecule has 50 heavy (non-hydrogen) atoms. The minimum Gasteiger partial charge on any atom is -0.508 e. The van der Waals surface area contributed by atoms with Crippen molar-refractivity contribution in [1.29, 1.82) is 0 Å². The monoisotopic (exact) mass is 688 g/mol. The maximum Gasteiger partial charge on any atom is 0.316 e. The maximum atomic E-state index is 19.1. The first-order chi connectivity index (χ1) is 24.0. The first-order valence-electron chi connectivity index (χ1n) is 17.6. The van der Waals surface area contributed by atoms with Crippen LogP contribution in [0.3, 0.4) is 0 Å². The summed E-state index contributed by atoms with van der Waals surface area (Å²) in [6, 6.07) is 8.06. The minimum atomic E-state index is -2.15. The van der Waals surface area contributed by atoms with Gasteiger partial charge in [-0.25, -0.2) is 13.2 Å². The van der Waals surface area contributed by atoms with Gasteiger partial charge in [-0.2, -0.15) is 9.97 Å². The number of piperidine rings is 1. The molecule has 0 radical (unpaired) electrons. The molecule has 5 heterocycles. The highest BCUT2D eigenvalue weighted by Gasteiger charge is 2.71. The number of halogens is 3. The number of hydrogen-bond donors (Lipinski definition) is 2. The number of phenols is 1. The molecule has 6 atom stereocenters. The van der Waals surface area contributed by atoms with Crippen molar-refractivity contribution in [2.75, 3.05) is 47.4 Å². The van der Waals surface area contributed by atoms with E-state index in [1.165, 1.54) is 18.1 Å². The number of nitrogens with one attached hydrogen (secondary N) is 1. The van der Waals surface area contributed by atoms with Gasteiger partial charge < -0.3 is 20.1 Å². The van der Waals surface area contributed by atoms with Gasteiger partial charge in [-0.1, -0.05) is 13.0 Å². The quantitative estimate of drug-likeness (QED) is 0.264. The second kappa shape index (κ2) is 11.8. The molecule has 3 aliphatic heterocycles. The average Bonchev–Trinajstić information content (AvgIpc) is 3.64. The molecule has 12 heteroatoms. The number of aromatic hydroxyl groups is 1. The second-order valence-corrected chi connectivity index (χ2v) is 14.9. The molecule has 9 nitrogen and oxygen atoms in total. The van der Waals surface area contributed by atoms with E-state index in [1.807, 2.05) is 6.92 Å². The van der Waals surface area contributed by atoms with E-state index in [0.717, 1.165) is 6.42 Å². The third kappa shape index (κ3) is 4.52. The number of methoxy groups -OCH3 is 1. The van der Waals surface area contributed by atoms with Crippen LogP contribution >= 0.6 is 0 Å². The Kier molecular flexibility index (Phi) is 7.80. The molecule has 2 aromatic carbocycles. The van der Waals surface area contributed by atoms with Gasteiger partial charge in [0.25, 0.3) is 0 Å². The summed E-state index contributed by atoms with van der Waals surface area (Å²) < 4.78 is 55.7. The SMILES string of the molecule is CCc1c(F)ccc2cc(O)cc(C3CC4CNCC3(c3nc(OC)nc5ccnc([C@@]67CCCN6C[C@H](F)C7)c35)C4(F)CC(=O)N(C)C)c12.